The van der Waals surface area contributed by atoms with Crippen molar-refractivity contribution in [2.75, 3.05) is 26.2 Å². The average Bonchev–Trinajstić information content (AvgIpc) is 3.25. The number of likely N-dealkylation sites (tertiary alicyclic amines) is 2. The Labute approximate surface area is 373 Å². The van der Waals surface area contributed by atoms with Crippen LogP contribution >= 0.6 is 0 Å². The monoisotopic (exact) mass is 862 g/mol. The molecule has 2 spiro atoms. The van der Waals surface area contributed by atoms with Gasteiger partial charge < -0.3 is 39.0 Å². The van der Waals surface area contributed by atoms with Gasteiger partial charge in [-0.1, -0.05) is 13.5 Å². The normalized spacial score (nSPS) is 21.4. The van der Waals surface area contributed by atoms with Crippen LogP contribution in [0.15, 0.2) is 91.5 Å². The van der Waals surface area contributed by atoms with Gasteiger partial charge in [-0.3, -0.25) is 19.6 Å². The number of carbonyl (C=O) groups is 2. The predicted octanol–water partition coefficient (Wildman–Crippen LogP) is 8.68. The highest BCUT2D eigenvalue weighted by molar-refractivity contribution is 5.95. The Hall–Kier alpha value is -5.30. The van der Waals surface area contributed by atoms with E-state index in [0.29, 0.717) is 75.2 Å². The first-order valence-electron chi connectivity index (χ1n) is 22.1. The maximum atomic E-state index is 13.1. The number of ether oxygens (including phenoxy) is 4. The molecule has 3 saturated heterocycles. The van der Waals surface area contributed by atoms with Crippen molar-refractivity contribution in [2.24, 2.45) is 0 Å². The number of nitrogens with zero attached hydrogens (tertiary/aromatic N) is 4. The standard InChI is InChI=1S/C25H32N2O4.C25H30N2O4.CH4/c2*1-17(2)30-22-7-6-19(13-18(22)3)24(29)27-11-8-25(9-12-27)15-21(28)14-23(31-25)20-5-4-10-26-16-20;/h4-7,10,13,16-17,21,23,28H,8-9,11-12,14-15H2,1-3H3;4-7,10,13-14,16-17,21,28H,8-9,11-12,15H2,1-3H3;1H4. The van der Waals surface area contributed by atoms with Gasteiger partial charge in [0.1, 0.15) is 22.9 Å². The number of benzene rings is 2. The van der Waals surface area contributed by atoms with Gasteiger partial charge in [0.25, 0.3) is 11.8 Å². The second-order valence-electron chi connectivity index (χ2n) is 17.9. The summed E-state index contributed by atoms with van der Waals surface area (Å²) in [6.07, 6.45) is 12.4. The summed E-state index contributed by atoms with van der Waals surface area (Å²) in [7, 11) is 0. The summed E-state index contributed by atoms with van der Waals surface area (Å²) >= 11 is 0. The molecule has 2 amide bonds. The number of hydrogen-bond acceptors (Lipinski definition) is 10. The van der Waals surface area contributed by atoms with Crippen molar-refractivity contribution in [3.8, 4) is 11.5 Å². The molecule has 3 atom stereocenters. The lowest BCUT2D eigenvalue weighted by Crippen LogP contribution is -2.52. The summed E-state index contributed by atoms with van der Waals surface area (Å²) in [4.78, 5) is 38.3. The molecule has 63 heavy (non-hydrogen) atoms. The highest BCUT2D eigenvalue weighted by Crippen LogP contribution is 2.43. The minimum Gasteiger partial charge on any atom is -0.491 e. The first-order valence-corrected chi connectivity index (χ1v) is 22.1. The topological polar surface area (TPSA) is 144 Å². The van der Waals surface area contributed by atoms with Crippen molar-refractivity contribution >= 4 is 17.6 Å². The Morgan fingerprint density at radius 1 is 0.730 bits per heavy atom. The molecule has 4 aromatic rings. The number of pyridine rings is 2. The lowest BCUT2D eigenvalue weighted by molar-refractivity contribution is -0.181. The Balaban J connectivity index is 0.000000206. The van der Waals surface area contributed by atoms with Crippen LogP contribution in [-0.2, 0) is 9.47 Å². The molecule has 0 saturated carbocycles. The molecule has 4 aliphatic heterocycles. The number of aromatic nitrogens is 2. The van der Waals surface area contributed by atoms with Crippen LogP contribution in [0.1, 0.15) is 129 Å². The quantitative estimate of drug-likeness (QED) is 0.177. The van der Waals surface area contributed by atoms with Crippen LogP contribution < -0.4 is 9.47 Å². The van der Waals surface area contributed by atoms with Crippen LogP contribution in [0.3, 0.4) is 0 Å². The molecule has 3 fully saturated rings. The van der Waals surface area contributed by atoms with Crippen molar-refractivity contribution in [2.45, 2.75) is 136 Å². The van der Waals surface area contributed by atoms with E-state index in [0.717, 1.165) is 46.6 Å². The Bertz CT molecular complexity index is 2180. The van der Waals surface area contributed by atoms with Crippen LogP contribution in [0.2, 0.25) is 0 Å². The Kier molecular flexibility index (Phi) is 15.3. The van der Waals surface area contributed by atoms with Gasteiger partial charge in [0.2, 0.25) is 0 Å². The number of aliphatic hydroxyl groups is 2. The fourth-order valence-corrected chi connectivity index (χ4v) is 9.08. The van der Waals surface area contributed by atoms with Crippen molar-refractivity contribution in [1.82, 2.24) is 19.8 Å². The molecule has 2 aromatic heterocycles. The first kappa shape index (κ1) is 47.2. The third-order valence-electron chi connectivity index (χ3n) is 12.2. The Morgan fingerprint density at radius 3 is 1.73 bits per heavy atom. The van der Waals surface area contributed by atoms with Gasteiger partial charge in [-0.2, -0.15) is 0 Å². The van der Waals surface area contributed by atoms with E-state index in [-0.39, 0.29) is 43.2 Å². The molecule has 8 rings (SSSR count). The first-order chi connectivity index (χ1) is 29.7. The number of carbonyl (C=O) groups excluding carboxylic acids is 2. The maximum absolute atomic E-state index is 13.1. The molecule has 2 N–H and O–H groups in total. The molecule has 12 heteroatoms. The summed E-state index contributed by atoms with van der Waals surface area (Å²) in [5, 5.41) is 21.0. The zero-order valence-electron chi connectivity index (χ0n) is 37.0. The average molecular weight is 863 g/mol. The number of amides is 2. The van der Waals surface area contributed by atoms with Crippen molar-refractivity contribution in [1.29, 1.82) is 0 Å². The molecule has 6 heterocycles. The number of aryl methyl sites for hydroxylation is 2. The van der Waals surface area contributed by atoms with Crippen LogP contribution in [0.5, 0.6) is 11.5 Å². The van der Waals surface area contributed by atoms with Crippen molar-refractivity contribution in [3.63, 3.8) is 0 Å². The minimum atomic E-state index is -0.567. The second-order valence-corrected chi connectivity index (χ2v) is 17.9. The molecule has 3 unspecified atom stereocenters. The molecule has 12 nitrogen and oxygen atoms in total. The number of rotatable bonds is 8. The summed E-state index contributed by atoms with van der Waals surface area (Å²) < 4.78 is 24.5. The smallest absolute Gasteiger partial charge is 0.253 e. The van der Waals surface area contributed by atoms with Crippen LogP contribution in [0.25, 0.3) is 5.76 Å². The van der Waals surface area contributed by atoms with Crippen LogP contribution in [-0.4, -0.2) is 104 Å². The zero-order valence-corrected chi connectivity index (χ0v) is 37.0. The molecule has 0 bridgehead atoms. The van der Waals surface area contributed by atoms with Gasteiger partial charge in [0.15, 0.2) is 0 Å². The maximum Gasteiger partial charge on any atom is 0.253 e. The molecular formula is C51H66N4O8. The van der Waals surface area contributed by atoms with Crippen LogP contribution in [0.4, 0.5) is 0 Å². The third kappa shape index (κ3) is 11.6. The van der Waals surface area contributed by atoms with E-state index in [1.807, 2.05) is 118 Å². The number of hydrogen-bond donors (Lipinski definition) is 2. The van der Waals surface area contributed by atoms with Gasteiger partial charge in [0, 0.05) is 99.8 Å². The summed E-state index contributed by atoms with van der Waals surface area (Å²) in [6, 6.07) is 18.9. The fraction of sp³-hybridized carbons (Fsp3) is 0.490. The van der Waals surface area contributed by atoms with Crippen molar-refractivity contribution < 1.29 is 38.7 Å². The molecule has 0 aliphatic carbocycles. The molecule has 338 valence electrons. The summed E-state index contributed by atoms with van der Waals surface area (Å²) in [5.74, 6) is 2.35. The van der Waals surface area contributed by atoms with E-state index < -0.39 is 17.8 Å². The number of piperidine rings is 2. The van der Waals surface area contributed by atoms with Crippen molar-refractivity contribution in [3.05, 3.63) is 125 Å². The lowest BCUT2D eigenvalue weighted by atomic mass is 9.81. The molecule has 0 radical (unpaired) electrons. The minimum absolute atomic E-state index is 0. The van der Waals surface area contributed by atoms with E-state index >= 15 is 0 Å². The molecule has 2 aromatic carbocycles. The predicted molar refractivity (Wildman–Crippen MR) is 244 cm³/mol. The molecule has 4 aliphatic rings. The van der Waals surface area contributed by atoms with Gasteiger partial charge in [-0.25, -0.2) is 0 Å². The van der Waals surface area contributed by atoms with Gasteiger partial charge in [-0.05, 0) is 132 Å². The second kappa shape index (κ2) is 20.5. The van der Waals surface area contributed by atoms with E-state index in [1.54, 1.807) is 24.7 Å². The van der Waals surface area contributed by atoms with E-state index in [4.69, 9.17) is 18.9 Å². The van der Waals surface area contributed by atoms with Crippen LogP contribution in [0, 0.1) is 13.8 Å². The van der Waals surface area contributed by atoms with Gasteiger partial charge >= 0.3 is 0 Å². The fourth-order valence-electron chi connectivity index (χ4n) is 9.08. The van der Waals surface area contributed by atoms with Gasteiger partial charge in [-0.15, -0.1) is 0 Å². The highest BCUT2D eigenvalue weighted by atomic mass is 16.5. The molecular weight excluding hydrogens is 797 g/mol. The van der Waals surface area contributed by atoms with E-state index in [2.05, 4.69) is 9.97 Å². The summed E-state index contributed by atoms with van der Waals surface area (Å²) in [6.45, 7) is 14.3. The lowest BCUT2D eigenvalue weighted by Gasteiger charge is -2.48. The SMILES string of the molecule is C.Cc1cc(C(=O)N2CCC3(CC2)CC(O)C=C(c2cccnc2)O3)ccc1OC(C)C.Cc1cc(C(=O)N2CCC3(CC2)CC(O)CC(c2cccnc2)O3)ccc1OC(C)C. The summed E-state index contributed by atoms with van der Waals surface area (Å²) in [5.41, 5.74) is 4.29. The Morgan fingerprint density at radius 2 is 1.25 bits per heavy atom. The zero-order chi connectivity index (χ0) is 44.0. The van der Waals surface area contributed by atoms with E-state index in [9.17, 15) is 19.8 Å². The third-order valence-corrected chi connectivity index (χ3v) is 12.2. The van der Waals surface area contributed by atoms with Gasteiger partial charge in [0.05, 0.1) is 36.1 Å². The van der Waals surface area contributed by atoms with E-state index in [1.165, 1.54) is 0 Å². The number of aliphatic hydroxyl groups excluding tert-OH is 2. The highest BCUT2D eigenvalue weighted by Gasteiger charge is 2.45. The largest absolute Gasteiger partial charge is 0.491 e.